The normalized spacial score (nSPS) is 20.3. The van der Waals surface area contributed by atoms with Crippen molar-refractivity contribution in [2.24, 2.45) is 0 Å². The summed E-state index contributed by atoms with van der Waals surface area (Å²) >= 11 is 0. The maximum absolute atomic E-state index is 15.7. The second-order valence-electron chi connectivity index (χ2n) is 9.34. The van der Waals surface area contributed by atoms with Crippen LogP contribution in [0.3, 0.4) is 0 Å². The lowest BCUT2D eigenvalue weighted by molar-refractivity contribution is 0.0247. The van der Waals surface area contributed by atoms with E-state index in [0.29, 0.717) is 24.3 Å². The van der Waals surface area contributed by atoms with Crippen LogP contribution in [-0.2, 0) is 16.0 Å². The van der Waals surface area contributed by atoms with Crippen LogP contribution in [0.4, 0.5) is 23.8 Å². The van der Waals surface area contributed by atoms with E-state index < -0.39 is 30.0 Å². The Kier molecular flexibility index (Phi) is 6.73. The minimum Gasteiger partial charge on any atom is -0.443 e. The Morgan fingerprint density at radius 2 is 2.06 bits per heavy atom. The molecule has 0 spiro atoms. The van der Waals surface area contributed by atoms with Gasteiger partial charge >= 0.3 is 12.6 Å². The number of likely N-dealkylation sites (N-methyl/N-ethyl adjacent to an activating group) is 1. The Morgan fingerprint density at radius 1 is 1.31 bits per heavy atom. The first-order valence-electron chi connectivity index (χ1n) is 11.1. The third kappa shape index (κ3) is 4.96. The lowest BCUT2D eigenvalue weighted by Gasteiger charge is -2.32. The zero-order valence-electron chi connectivity index (χ0n) is 19.8. The van der Waals surface area contributed by atoms with E-state index in [2.05, 4.69) is 20.7 Å². The van der Waals surface area contributed by atoms with Gasteiger partial charge in [0, 0.05) is 30.0 Å². The van der Waals surface area contributed by atoms with Crippen LogP contribution in [0.25, 0.3) is 11.3 Å². The molecular weight excluding hydrogens is 469 g/mol. The molecule has 0 saturated carbocycles. The van der Waals surface area contributed by atoms with E-state index in [0.717, 1.165) is 17.3 Å². The molecule has 190 valence electrons. The average Bonchev–Trinajstić information content (AvgIpc) is 3.41. The minimum absolute atomic E-state index is 0.0556. The first-order valence-corrected chi connectivity index (χ1v) is 11.1. The van der Waals surface area contributed by atoms with Crippen LogP contribution in [0.1, 0.15) is 49.7 Å². The van der Waals surface area contributed by atoms with E-state index >= 15 is 4.39 Å². The molecule has 2 aliphatic rings. The second kappa shape index (κ2) is 9.46. The highest BCUT2D eigenvalue weighted by Crippen LogP contribution is 2.37. The summed E-state index contributed by atoms with van der Waals surface area (Å²) in [5.41, 5.74) is -1.13. The van der Waals surface area contributed by atoms with Crippen molar-refractivity contribution in [1.29, 1.82) is 0 Å². The SMILES string of the molecule is CN[C@H]1COCCC1Nc1nc(-c2cnn(C(F)F)c2)c2c(c1F)CN(C(=O)OC(C)(C)C)C2=O. The van der Waals surface area contributed by atoms with Crippen molar-refractivity contribution < 1.29 is 32.2 Å². The van der Waals surface area contributed by atoms with Gasteiger partial charge in [0.25, 0.3) is 5.91 Å². The van der Waals surface area contributed by atoms with Crippen molar-refractivity contribution in [3.63, 3.8) is 0 Å². The van der Waals surface area contributed by atoms with E-state index in [1.807, 2.05) is 0 Å². The monoisotopic (exact) mass is 496 g/mol. The number of ether oxygens (including phenoxy) is 2. The number of rotatable bonds is 5. The lowest BCUT2D eigenvalue weighted by Crippen LogP contribution is -2.49. The van der Waals surface area contributed by atoms with Gasteiger partial charge < -0.3 is 20.1 Å². The number of pyridine rings is 1. The number of carbonyl (C=O) groups is 2. The maximum atomic E-state index is 15.7. The number of hydrogen-bond acceptors (Lipinski definition) is 8. The number of amides is 2. The fraction of sp³-hybridized carbons (Fsp3) is 0.545. The highest BCUT2D eigenvalue weighted by atomic mass is 19.3. The highest BCUT2D eigenvalue weighted by Gasteiger charge is 2.41. The number of fused-ring (bicyclic) bond motifs is 1. The number of aromatic nitrogens is 3. The Hall–Kier alpha value is -3.19. The number of hydrogen-bond donors (Lipinski definition) is 2. The van der Waals surface area contributed by atoms with Crippen molar-refractivity contribution >= 4 is 17.8 Å². The smallest absolute Gasteiger partial charge is 0.417 e. The van der Waals surface area contributed by atoms with Gasteiger partial charge in [-0.1, -0.05) is 0 Å². The fourth-order valence-corrected chi connectivity index (χ4v) is 4.06. The Morgan fingerprint density at radius 3 is 2.69 bits per heavy atom. The predicted octanol–water partition coefficient (Wildman–Crippen LogP) is 3.16. The predicted molar refractivity (Wildman–Crippen MR) is 118 cm³/mol. The number of nitrogens with one attached hydrogen (secondary N) is 2. The van der Waals surface area contributed by atoms with Crippen LogP contribution in [0.15, 0.2) is 12.4 Å². The van der Waals surface area contributed by atoms with Crippen LogP contribution in [0, 0.1) is 5.82 Å². The van der Waals surface area contributed by atoms with E-state index in [1.165, 1.54) is 0 Å². The van der Waals surface area contributed by atoms with Crippen molar-refractivity contribution in [2.75, 3.05) is 25.6 Å². The summed E-state index contributed by atoms with van der Waals surface area (Å²) in [6.45, 7) is 2.48. The maximum Gasteiger partial charge on any atom is 0.417 e. The van der Waals surface area contributed by atoms with E-state index in [9.17, 15) is 18.4 Å². The van der Waals surface area contributed by atoms with Crippen LogP contribution >= 0.6 is 0 Å². The molecule has 2 aliphatic heterocycles. The molecule has 0 radical (unpaired) electrons. The summed E-state index contributed by atoms with van der Waals surface area (Å²) in [7, 11) is 1.75. The molecule has 35 heavy (non-hydrogen) atoms. The molecule has 2 N–H and O–H groups in total. The van der Waals surface area contributed by atoms with Crippen LogP contribution in [0.5, 0.6) is 0 Å². The molecule has 1 saturated heterocycles. The number of halogens is 3. The van der Waals surface area contributed by atoms with Crippen LogP contribution in [0.2, 0.25) is 0 Å². The molecule has 13 heteroatoms. The molecule has 2 aromatic heterocycles. The summed E-state index contributed by atoms with van der Waals surface area (Å²) in [5.74, 6) is -1.79. The third-order valence-electron chi connectivity index (χ3n) is 5.75. The van der Waals surface area contributed by atoms with Crippen molar-refractivity contribution in [2.45, 2.75) is 58.0 Å². The highest BCUT2D eigenvalue weighted by molar-refractivity contribution is 6.10. The molecule has 1 unspecified atom stereocenters. The molecule has 2 atom stereocenters. The summed E-state index contributed by atoms with van der Waals surface area (Å²) in [6.07, 6.45) is 1.75. The van der Waals surface area contributed by atoms with Gasteiger partial charge in [0.05, 0.1) is 36.6 Å². The zero-order valence-corrected chi connectivity index (χ0v) is 19.8. The number of carbonyl (C=O) groups excluding carboxylic acids is 2. The Labute approximate surface area is 199 Å². The zero-order chi connectivity index (χ0) is 25.5. The summed E-state index contributed by atoms with van der Waals surface area (Å²) in [4.78, 5) is 31.0. The minimum atomic E-state index is -2.91. The molecule has 4 rings (SSSR count). The van der Waals surface area contributed by atoms with Crippen LogP contribution < -0.4 is 10.6 Å². The number of imide groups is 1. The van der Waals surface area contributed by atoms with Crippen molar-refractivity contribution in [1.82, 2.24) is 25.0 Å². The number of anilines is 1. The van der Waals surface area contributed by atoms with Gasteiger partial charge in [-0.05, 0) is 34.2 Å². The van der Waals surface area contributed by atoms with E-state index in [-0.39, 0.29) is 46.8 Å². The van der Waals surface area contributed by atoms with Gasteiger partial charge in [-0.2, -0.15) is 13.9 Å². The van der Waals surface area contributed by atoms with Gasteiger partial charge in [-0.15, -0.1) is 0 Å². The van der Waals surface area contributed by atoms with Gasteiger partial charge in [-0.25, -0.2) is 23.8 Å². The molecule has 1 fully saturated rings. The van der Waals surface area contributed by atoms with Gasteiger partial charge in [0.2, 0.25) is 0 Å². The first kappa shape index (κ1) is 24.9. The van der Waals surface area contributed by atoms with Crippen molar-refractivity contribution in [3.05, 3.63) is 29.3 Å². The average molecular weight is 496 g/mol. The van der Waals surface area contributed by atoms with Gasteiger partial charge in [0.1, 0.15) is 5.60 Å². The molecular formula is C22H27F3N6O4. The summed E-state index contributed by atoms with van der Waals surface area (Å²) in [6, 6.07) is -0.382. The van der Waals surface area contributed by atoms with E-state index in [1.54, 1.807) is 27.8 Å². The van der Waals surface area contributed by atoms with E-state index in [4.69, 9.17) is 9.47 Å². The largest absolute Gasteiger partial charge is 0.443 e. The van der Waals surface area contributed by atoms with Gasteiger partial charge in [0.15, 0.2) is 11.6 Å². The van der Waals surface area contributed by atoms with Crippen molar-refractivity contribution in [3.8, 4) is 11.3 Å². The summed E-state index contributed by atoms with van der Waals surface area (Å²) in [5, 5.41) is 9.78. The number of nitrogens with zero attached hydrogens (tertiary/aromatic N) is 4. The Bertz CT molecular complexity index is 1130. The second-order valence-corrected chi connectivity index (χ2v) is 9.34. The third-order valence-corrected chi connectivity index (χ3v) is 5.75. The quantitative estimate of drug-likeness (QED) is 0.650. The first-order chi connectivity index (χ1) is 16.5. The molecule has 10 nitrogen and oxygen atoms in total. The summed E-state index contributed by atoms with van der Waals surface area (Å²) < 4.78 is 53.2. The molecule has 0 bridgehead atoms. The lowest BCUT2D eigenvalue weighted by atomic mass is 10.0. The molecule has 0 aliphatic carbocycles. The molecule has 0 aromatic carbocycles. The molecule has 4 heterocycles. The fourth-order valence-electron chi connectivity index (χ4n) is 4.06. The molecule has 2 aromatic rings. The molecule has 2 amide bonds. The standard InChI is InChI=1S/C22H27F3N6O4/c1-22(2,3)35-21(33)30-9-12-15(19(30)32)17(11-7-27-31(8-11)20(24)25)29-18(16(12)23)28-13-5-6-34-10-14(13)26-4/h7-8,13-14,20,26H,5-6,9-10H2,1-4H3,(H,28,29)/t13?,14-/m0/s1. The van der Waals surface area contributed by atoms with Gasteiger partial charge in [-0.3, -0.25) is 4.79 Å². The van der Waals surface area contributed by atoms with Crippen LogP contribution in [-0.4, -0.2) is 69.6 Å². The topological polar surface area (TPSA) is 111 Å². The Balaban J connectivity index is 1.78. The number of alkyl halides is 2.